The van der Waals surface area contributed by atoms with E-state index in [1.807, 2.05) is 12.1 Å². The Balaban J connectivity index is 1.95. The summed E-state index contributed by atoms with van der Waals surface area (Å²) in [6.07, 6.45) is 0. The number of hydrogen-bond acceptors (Lipinski definition) is 2. The molecule has 0 fully saturated rings. The van der Waals surface area contributed by atoms with E-state index in [2.05, 4.69) is 36.9 Å². The van der Waals surface area contributed by atoms with Gasteiger partial charge in [0.05, 0.1) is 27.7 Å². The highest BCUT2D eigenvalue weighted by atomic mass is 32.1. The van der Waals surface area contributed by atoms with Crippen LogP contribution in [0.15, 0.2) is 48.5 Å². The molecular formula is C18H23FN3OS+. The highest BCUT2D eigenvalue weighted by Gasteiger charge is 2.18. The second kappa shape index (κ2) is 8.61. The number of quaternary nitrogens is 1. The zero-order valence-corrected chi connectivity index (χ0v) is 14.9. The van der Waals surface area contributed by atoms with Crippen LogP contribution in [-0.2, 0) is 0 Å². The van der Waals surface area contributed by atoms with Gasteiger partial charge < -0.3 is 20.3 Å². The van der Waals surface area contributed by atoms with Crippen LogP contribution in [0.1, 0.15) is 11.6 Å². The third-order valence-corrected chi connectivity index (χ3v) is 4.03. The van der Waals surface area contributed by atoms with Crippen LogP contribution >= 0.6 is 12.2 Å². The summed E-state index contributed by atoms with van der Waals surface area (Å²) in [6.45, 7) is 0.682. The van der Waals surface area contributed by atoms with Gasteiger partial charge in [-0.2, -0.15) is 0 Å². The number of thiocarbonyl (C=S) groups is 1. The number of nitrogens with one attached hydrogen (secondary N) is 3. The van der Waals surface area contributed by atoms with Crippen molar-refractivity contribution >= 4 is 23.0 Å². The molecule has 0 aliphatic carbocycles. The quantitative estimate of drug-likeness (QED) is 0.698. The van der Waals surface area contributed by atoms with Gasteiger partial charge in [0, 0.05) is 11.3 Å². The second-order valence-electron chi connectivity index (χ2n) is 5.75. The van der Waals surface area contributed by atoms with Gasteiger partial charge in [0.15, 0.2) is 5.11 Å². The summed E-state index contributed by atoms with van der Waals surface area (Å²) in [5, 5.41) is 6.80. The van der Waals surface area contributed by atoms with E-state index < -0.39 is 0 Å². The summed E-state index contributed by atoms with van der Waals surface area (Å²) in [5.41, 5.74) is 1.96. The van der Waals surface area contributed by atoms with Gasteiger partial charge in [-0.3, -0.25) is 0 Å². The summed E-state index contributed by atoms with van der Waals surface area (Å²) in [6, 6.07) is 14.4. The Morgan fingerprint density at radius 3 is 2.29 bits per heavy atom. The van der Waals surface area contributed by atoms with Crippen molar-refractivity contribution in [2.24, 2.45) is 0 Å². The van der Waals surface area contributed by atoms with Crippen molar-refractivity contribution in [1.82, 2.24) is 5.32 Å². The molecule has 128 valence electrons. The third kappa shape index (κ3) is 5.18. The lowest BCUT2D eigenvalue weighted by Gasteiger charge is -2.23. The Kier molecular flexibility index (Phi) is 6.52. The topological polar surface area (TPSA) is 37.7 Å². The molecule has 0 spiro atoms. The summed E-state index contributed by atoms with van der Waals surface area (Å²) < 4.78 is 18.1. The van der Waals surface area contributed by atoms with Crippen molar-refractivity contribution < 1.29 is 14.0 Å². The van der Waals surface area contributed by atoms with Crippen LogP contribution in [0.2, 0.25) is 0 Å². The molecule has 0 radical (unpaired) electrons. The van der Waals surface area contributed by atoms with Crippen molar-refractivity contribution in [1.29, 1.82) is 0 Å². The van der Waals surface area contributed by atoms with E-state index >= 15 is 0 Å². The normalized spacial score (nSPS) is 11.9. The molecule has 2 aromatic rings. The molecule has 0 saturated heterocycles. The fraction of sp³-hybridized carbons (Fsp3) is 0.278. The summed E-state index contributed by atoms with van der Waals surface area (Å²) in [7, 11) is 5.87. The van der Waals surface area contributed by atoms with Gasteiger partial charge in [-0.15, -0.1) is 0 Å². The minimum Gasteiger partial charge on any atom is -0.497 e. The first-order chi connectivity index (χ1) is 11.5. The molecule has 0 aliphatic heterocycles. The van der Waals surface area contributed by atoms with Gasteiger partial charge in [0.2, 0.25) is 0 Å². The first-order valence-electron chi connectivity index (χ1n) is 7.74. The number of rotatable bonds is 6. The molecule has 2 aromatic carbocycles. The van der Waals surface area contributed by atoms with Gasteiger partial charge in [-0.05, 0) is 60.7 Å². The molecule has 4 nitrogen and oxygen atoms in total. The van der Waals surface area contributed by atoms with Crippen LogP contribution in [0.4, 0.5) is 10.1 Å². The van der Waals surface area contributed by atoms with Crippen molar-refractivity contribution in [3.63, 3.8) is 0 Å². The Morgan fingerprint density at radius 1 is 1.12 bits per heavy atom. The van der Waals surface area contributed by atoms with Gasteiger partial charge >= 0.3 is 0 Å². The Hall–Kier alpha value is -2.18. The van der Waals surface area contributed by atoms with Gasteiger partial charge in [-0.25, -0.2) is 4.39 Å². The number of benzene rings is 2. The predicted octanol–water partition coefficient (Wildman–Crippen LogP) is 2.01. The van der Waals surface area contributed by atoms with E-state index in [9.17, 15) is 4.39 Å². The standard InChI is InChI=1S/C18H22FN3OS/c1-22(2)17(13-4-10-16(23-3)11-5-13)12-20-18(24)21-15-8-6-14(19)7-9-15/h4-11,17H,12H2,1-3H3,(H2,20,21,24)/p+1/t17-/m1/s1. The first kappa shape index (κ1) is 18.2. The number of halogens is 1. The fourth-order valence-corrected chi connectivity index (χ4v) is 2.60. The molecule has 0 heterocycles. The lowest BCUT2D eigenvalue weighted by Crippen LogP contribution is -3.07. The van der Waals surface area contributed by atoms with Crippen LogP contribution < -0.4 is 20.3 Å². The first-order valence-corrected chi connectivity index (χ1v) is 8.15. The Bertz CT molecular complexity index is 659. The van der Waals surface area contributed by atoms with Gasteiger partial charge in [0.25, 0.3) is 0 Å². The maximum Gasteiger partial charge on any atom is 0.171 e. The van der Waals surface area contributed by atoms with Gasteiger partial charge in [0.1, 0.15) is 17.6 Å². The van der Waals surface area contributed by atoms with E-state index in [4.69, 9.17) is 17.0 Å². The van der Waals surface area contributed by atoms with Crippen LogP contribution in [0.25, 0.3) is 0 Å². The molecule has 0 amide bonds. The number of hydrogen-bond donors (Lipinski definition) is 3. The molecular weight excluding hydrogens is 325 g/mol. The van der Waals surface area contributed by atoms with E-state index in [0.29, 0.717) is 11.7 Å². The summed E-state index contributed by atoms with van der Waals surface area (Å²) >= 11 is 5.32. The summed E-state index contributed by atoms with van der Waals surface area (Å²) in [4.78, 5) is 1.29. The van der Waals surface area contributed by atoms with Crippen molar-refractivity contribution in [3.8, 4) is 5.75 Å². The van der Waals surface area contributed by atoms with Crippen molar-refractivity contribution in [2.45, 2.75) is 6.04 Å². The molecule has 2 rings (SSSR count). The van der Waals surface area contributed by atoms with E-state index in [1.165, 1.54) is 22.6 Å². The highest BCUT2D eigenvalue weighted by Crippen LogP contribution is 2.15. The predicted molar refractivity (Wildman–Crippen MR) is 99.2 cm³/mol. The van der Waals surface area contributed by atoms with Crippen LogP contribution in [0, 0.1) is 5.82 Å². The lowest BCUT2D eigenvalue weighted by molar-refractivity contribution is -0.890. The van der Waals surface area contributed by atoms with Crippen LogP contribution in [0.5, 0.6) is 5.75 Å². The highest BCUT2D eigenvalue weighted by molar-refractivity contribution is 7.80. The number of likely N-dealkylation sites (N-methyl/N-ethyl adjacent to an activating group) is 1. The van der Waals surface area contributed by atoms with E-state index in [-0.39, 0.29) is 11.9 Å². The number of ether oxygens (including phenoxy) is 1. The maximum absolute atomic E-state index is 12.9. The third-order valence-electron chi connectivity index (χ3n) is 3.78. The fourth-order valence-electron chi connectivity index (χ4n) is 2.39. The SMILES string of the molecule is COc1ccc([C@@H](CNC(=S)Nc2ccc(F)cc2)[NH+](C)C)cc1. The Morgan fingerprint density at radius 2 is 1.75 bits per heavy atom. The average Bonchev–Trinajstić information content (AvgIpc) is 2.57. The minimum absolute atomic E-state index is 0.240. The second-order valence-corrected chi connectivity index (χ2v) is 6.15. The molecule has 0 saturated carbocycles. The minimum atomic E-state index is -0.268. The lowest BCUT2D eigenvalue weighted by atomic mass is 10.1. The molecule has 24 heavy (non-hydrogen) atoms. The largest absolute Gasteiger partial charge is 0.497 e. The van der Waals surface area contributed by atoms with E-state index in [0.717, 1.165) is 11.4 Å². The smallest absolute Gasteiger partial charge is 0.171 e. The molecule has 1 atom stereocenters. The monoisotopic (exact) mass is 348 g/mol. The molecule has 0 aliphatic rings. The molecule has 3 N–H and O–H groups in total. The molecule has 0 aromatic heterocycles. The zero-order valence-electron chi connectivity index (χ0n) is 14.1. The van der Waals surface area contributed by atoms with Gasteiger partial charge in [-0.1, -0.05) is 0 Å². The van der Waals surface area contributed by atoms with Crippen molar-refractivity contribution in [3.05, 3.63) is 59.9 Å². The number of anilines is 1. The molecule has 0 unspecified atom stereocenters. The Labute approximate surface area is 147 Å². The van der Waals surface area contributed by atoms with Crippen LogP contribution in [-0.4, -0.2) is 32.9 Å². The average molecular weight is 348 g/mol. The van der Waals surface area contributed by atoms with E-state index in [1.54, 1.807) is 19.2 Å². The van der Waals surface area contributed by atoms with Crippen LogP contribution in [0.3, 0.4) is 0 Å². The zero-order chi connectivity index (χ0) is 17.5. The number of methoxy groups -OCH3 is 1. The molecule has 6 heteroatoms. The molecule has 0 bridgehead atoms. The van der Waals surface area contributed by atoms with Crippen molar-refractivity contribution in [2.75, 3.05) is 33.1 Å². The summed E-state index contributed by atoms with van der Waals surface area (Å²) in [5.74, 6) is 0.572. The maximum atomic E-state index is 12.9.